The zero-order valence-corrected chi connectivity index (χ0v) is 13.5. The van der Waals surface area contributed by atoms with Crippen molar-refractivity contribution in [1.82, 2.24) is 10.6 Å². The maximum atomic E-state index is 12.1. The summed E-state index contributed by atoms with van der Waals surface area (Å²) in [7, 11) is 0. The summed E-state index contributed by atoms with van der Waals surface area (Å²) in [6.07, 6.45) is -1.75. The number of aliphatic hydroxyl groups excluding tert-OH is 1. The number of carboxylic acids is 1. The van der Waals surface area contributed by atoms with Gasteiger partial charge in [-0.15, -0.1) is 0 Å². The van der Waals surface area contributed by atoms with Crippen molar-refractivity contribution in [1.29, 1.82) is 0 Å². The van der Waals surface area contributed by atoms with Crippen molar-refractivity contribution in [3.8, 4) is 0 Å². The van der Waals surface area contributed by atoms with Crippen LogP contribution >= 0.6 is 12.6 Å². The predicted octanol–water partition coefficient (Wildman–Crippen LogP) is -3.06. The minimum atomic E-state index is -1.40. The molecule has 10 nitrogen and oxygen atoms in total. The van der Waals surface area contributed by atoms with Crippen molar-refractivity contribution in [3.63, 3.8) is 0 Å². The Hall–Kier alpha value is -1.85. The highest BCUT2D eigenvalue weighted by atomic mass is 32.1. The summed E-state index contributed by atoms with van der Waals surface area (Å²) < 4.78 is 0. The monoisotopic (exact) mass is 350 g/mol. The first-order valence-electron chi connectivity index (χ1n) is 6.76. The number of hydrogen-bond acceptors (Lipinski definition) is 7. The van der Waals surface area contributed by atoms with E-state index in [0.717, 1.165) is 0 Å². The number of carbonyl (C=O) groups excluding carboxylic acids is 3. The molecular formula is C12H22N4O6S. The lowest BCUT2D eigenvalue weighted by molar-refractivity contribution is -0.143. The van der Waals surface area contributed by atoms with E-state index in [-0.39, 0.29) is 18.6 Å². The lowest BCUT2D eigenvalue weighted by Gasteiger charge is -2.24. The van der Waals surface area contributed by atoms with Gasteiger partial charge in [-0.25, -0.2) is 4.79 Å². The number of aliphatic carboxylic acids is 1. The number of carbonyl (C=O) groups is 4. The zero-order valence-electron chi connectivity index (χ0n) is 12.6. The molecule has 23 heavy (non-hydrogen) atoms. The summed E-state index contributed by atoms with van der Waals surface area (Å²) in [5.41, 5.74) is 10.4. The van der Waals surface area contributed by atoms with Gasteiger partial charge in [0.1, 0.15) is 12.1 Å². The van der Waals surface area contributed by atoms with Crippen molar-refractivity contribution in [3.05, 3.63) is 0 Å². The molecule has 4 atom stereocenters. The summed E-state index contributed by atoms with van der Waals surface area (Å²) in [6, 6.07) is -3.77. The third-order valence-corrected chi connectivity index (χ3v) is 3.28. The number of nitrogens with two attached hydrogens (primary N) is 2. The number of aliphatic hydroxyl groups is 1. The molecule has 3 amide bonds. The lowest BCUT2D eigenvalue weighted by atomic mass is 10.1. The second kappa shape index (κ2) is 10.0. The SMILES string of the molecule is CC(O)C(NC(=O)C(N)CS)C(=O)NC(CCC(N)=O)C(=O)O. The first kappa shape index (κ1) is 21.1. The molecule has 0 aromatic rings. The smallest absolute Gasteiger partial charge is 0.326 e. The molecule has 0 radical (unpaired) electrons. The molecule has 4 unspecified atom stereocenters. The fraction of sp³-hybridized carbons (Fsp3) is 0.667. The Labute approximate surface area is 138 Å². The molecule has 0 aromatic carbocycles. The van der Waals surface area contributed by atoms with Crippen LogP contribution in [0.15, 0.2) is 0 Å². The van der Waals surface area contributed by atoms with Crippen LogP contribution in [0.5, 0.6) is 0 Å². The zero-order chi connectivity index (χ0) is 18.2. The van der Waals surface area contributed by atoms with E-state index in [1.54, 1.807) is 0 Å². The number of primary amides is 1. The second-order valence-corrected chi connectivity index (χ2v) is 5.29. The fourth-order valence-electron chi connectivity index (χ4n) is 1.55. The highest BCUT2D eigenvalue weighted by Gasteiger charge is 2.30. The third kappa shape index (κ3) is 7.81. The van der Waals surface area contributed by atoms with Gasteiger partial charge in [-0.2, -0.15) is 12.6 Å². The molecule has 0 rings (SSSR count). The van der Waals surface area contributed by atoms with E-state index in [0.29, 0.717) is 0 Å². The second-order valence-electron chi connectivity index (χ2n) is 4.92. The molecule has 0 fully saturated rings. The van der Waals surface area contributed by atoms with E-state index in [1.807, 2.05) is 0 Å². The van der Waals surface area contributed by atoms with Crippen molar-refractivity contribution >= 4 is 36.3 Å². The maximum absolute atomic E-state index is 12.1. The molecule has 0 aromatic heterocycles. The van der Waals surface area contributed by atoms with Crippen molar-refractivity contribution in [2.24, 2.45) is 11.5 Å². The van der Waals surface area contributed by atoms with Gasteiger partial charge in [0.25, 0.3) is 0 Å². The molecule has 0 saturated carbocycles. The Morgan fingerprint density at radius 2 is 1.74 bits per heavy atom. The van der Waals surface area contributed by atoms with Crippen molar-refractivity contribution in [2.45, 2.75) is 44.0 Å². The number of rotatable bonds is 10. The molecule has 0 spiro atoms. The van der Waals surface area contributed by atoms with E-state index in [9.17, 15) is 24.3 Å². The van der Waals surface area contributed by atoms with E-state index in [4.69, 9.17) is 16.6 Å². The molecule has 8 N–H and O–H groups in total. The normalized spacial score (nSPS) is 15.8. The van der Waals surface area contributed by atoms with Crippen LogP contribution < -0.4 is 22.1 Å². The molecule has 11 heteroatoms. The molecule has 0 saturated heterocycles. The average Bonchev–Trinajstić information content (AvgIpc) is 2.46. The molecule has 0 aliphatic carbocycles. The van der Waals surface area contributed by atoms with Gasteiger partial charge in [0, 0.05) is 12.2 Å². The van der Waals surface area contributed by atoms with Crippen molar-refractivity contribution in [2.75, 3.05) is 5.75 Å². The Kier molecular flexibility index (Phi) is 9.22. The average molecular weight is 350 g/mol. The van der Waals surface area contributed by atoms with Crippen LogP contribution in [0.2, 0.25) is 0 Å². The quantitative estimate of drug-likeness (QED) is 0.204. The largest absolute Gasteiger partial charge is 0.480 e. The first-order valence-corrected chi connectivity index (χ1v) is 7.39. The fourth-order valence-corrected chi connectivity index (χ4v) is 1.72. The van der Waals surface area contributed by atoms with E-state index < -0.39 is 47.9 Å². The van der Waals surface area contributed by atoms with Gasteiger partial charge in [0.15, 0.2) is 0 Å². The van der Waals surface area contributed by atoms with Crippen LogP contribution in [0.3, 0.4) is 0 Å². The van der Waals surface area contributed by atoms with Gasteiger partial charge in [-0.3, -0.25) is 14.4 Å². The number of carboxylic acid groups (broad SMARTS) is 1. The summed E-state index contributed by atoms with van der Waals surface area (Å²) in [5.74, 6) is -3.70. The summed E-state index contributed by atoms with van der Waals surface area (Å²) in [6.45, 7) is 1.25. The van der Waals surface area contributed by atoms with Gasteiger partial charge >= 0.3 is 5.97 Å². The van der Waals surface area contributed by atoms with Gasteiger partial charge in [0.2, 0.25) is 17.7 Å². The number of hydrogen-bond donors (Lipinski definition) is 7. The van der Waals surface area contributed by atoms with Crippen molar-refractivity contribution < 1.29 is 29.4 Å². The molecule has 0 heterocycles. The third-order valence-electron chi connectivity index (χ3n) is 2.89. The van der Waals surface area contributed by atoms with Gasteiger partial charge in [-0.1, -0.05) is 0 Å². The predicted molar refractivity (Wildman–Crippen MR) is 83.4 cm³/mol. The lowest BCUT2D eigenvalue weighted by Crippen LogP contribution is -2.58. The molecule has 0 bridgehead atoms. The number of amides is 3. The van der Waals surface area contributed by atoms with Crippen LogP contribution in [0.1, 0.15) is 19.8 Å². The molecule has 132 valence electrons. The standard InChI is InChI=1S/C12H22N4O6S/c1-5(17)9(16-10(19)6(13)4-23)11(20)15-7(12(21)22)2-3-8(14)18/h5-7,9,17,23H,2-4,13H2,1H3,(H2,14,18)(H,15,20)(H,16,19)(H,21,22). The minimum Gasteiger partial charge on any atom is -0.480 e. The highest BCUT2D eigenvalue weighted by Crippen LogP contribution is 2.01. The summed E-state index contributed by atoms with van der Waals surface area (Å²) in [4.78, 5) is 45.5. The molecule has 0 aliphatic heterocycles. The maximum Gasteiger partial charge on any atom is 0.326 e. The van der Waals surface area contributed by atoms with Gasteiger partial charge in [0.05, 0.1) is 12.1 Å². The van der Waals surface area contributed by atoms with Crippen LogP contribution in [-0.2, 0) is 19.2 Å². The molecule has 0 aliphatic rings. The van der Waals surface area contributed by atoms with Gasteiger partial charge < -0.3 is 32.3 Å². The van der Waals surface area contributed by atoms with Crippen LogP contribution in [-0.4, -0.2) is 63.9 Å². The Bertz CT molecular complexity index is 459. The highest BCUT2D eigenvalue weighted by molar-refractivity contribution is 7.80. The van der Waals surface area contributed by atoms with E-state index >= 15 is 0 Å². The van der Waals surface area contributed by atoms with Gasteiger partial charge in [-0.05, 0) is 13.3 Å². The first-order chi connectivity index (χ1) is 10.6. The summed E-state index contributed by atoms with van der Waals surface area (Å²) >= 11 is 3.84. The van der Waals surface area contributed by atoms with Crippen LogP contribution in [0, 0.1) is 0 Å². The Morgan fingerprint density at radius 3 is 2.13 bits per heavy atom. The Balaban J connectivity index is 4.91. The van der Waals surface area contributed by atoms with Crippen LogP contribution in [0.4, 0.5) is 0 Å². The molecular weight excluding hydrogens is 328 g/mol. The number of nitrogens with one attached hydrogen (secondary N) is 2. The minimum absolute atomic E-state index is 0.0242. The Morgan fingerprint density at radius 1 is 1.17 bits per heavy atom. The topological polar surface area (TPSA) is 185 Å². The van der Waals surface area contributed by atoms with E-state index in [2.05, 4.69) is 23.3 Å². The van der Waals surface area contributed by atoms with Crippen LogP contribution in [0.25, 0.3) is 0 Å². The van der Waals surface area contributed by atoms with E-state index in [1.165, 1.54) is 6.92 Å². The number of thiol groups is 1. The summed E-state index contributed by atoms with van der Waals surface area (Å²) in [5, 5.41) is 23.0.